The van der Waals surface area contributed by atoms with Crippen molar-refractivity contribution in [2.45, 2.75) is 50.4 Å². The molecule has 0 saturated carbocycles. The van der Waals surface area contributed by atoms with E-state index in [4.69, 9.17) is 27.1 Å². The average Bonchev–Trinajstić information content (AvgIpc) is 3.82. The van der Waals surface area contributed by atoms with E-state index < -0.39 is 29.4 Å². The van der Waals surface area contributed by atoms with Crippen LogP contribution in [0.3, 0.4) is 0 Å². The molecule has 6 heterocycles. The van der Waals surface area contributed by atoms with Crippen molar-refractivity contribution in [2.75, 3.05) is 51.0 Å². The zero-order valence-electron chi connectivity index (χ0n) is 27.7. The molecule has 0 unspecified atom stereocenters. The molecule has 2 aromatic carbocycles. The molecular weight excluding hydrogens is 705 g/mol. The smallest absolute Gasteiger partial charge is 0.361 e. The molecule has 1 amide bonds. The van der Waals surface area contributed by atoms with Crippen LogP contribution in [-0.4, -0.2) is 92.8 Å². The zero-order valence-corrected chi connectivity index (χ0v) is 29.3. The molecular formula is C34H32ClF3N10O2S. The lowest BCUT2D eigenvalue weighted by Gasteiger charge is -2.31. The van der Waals surface area contributed by atoms with Crippen LogP contribution in [0.4, 0.5) is 28.8 Å². The second kappa shape index (κ2) is 12.5. The number of fused-ring (bicyclic) bond motifs is 4. The molecule has 3 aromatic heterocycles. The topological polar surface area (TPSA) is 142 Å². The van der Waals surface area contributed by atoms with Crippen LogP contribution < -0.4 is 15.4 Å². The Labute approximate surface area is 299 Å². The maximum Gasteiger partial charge on any atom is 0.361 e. The summed E-state index contributed by atoms with van der Waals surface area (Å²) in [5, 5.41) is 19.3. The van der Waals surface area contributed by atoms with Gasteiger partial charge in [-0.25, -0.2) is 18.0 Å². The standard InChI is InChI=1S/C34H32ClF3N10O2S/c1-45(2)33(49)48-43-23-5-3-9-46(15-24(23)44-48)31-19-11-21(35)26(18-6-7-22(37)29-25(18)20(13-39)30(40)51-29)27(38)28(19)41-32(42-31)50-16-34-8-4-10-47(34)14-17(36)12-34/h6-7,11,17H,3-5,8-10,12,14-16,40H2,1-2H3/t17-,34+/m1/s1. The highest BCUT2D eigenvalue weighted by Gasteiger charge is 2.49. The Kier molecular flexibility index (Phi) is 8.19. The predicted molar refractivity (Wildman–Crippen MR) is 187 cm³/mol. The molecule has 2 fully saturated rings. The molecule has 2 N–H and O–H groups in total. The third kappa shape index (κ3) is 5.49. The number of halogens is 4. The lowest BCUT2D eigenvalue weighted by Crippen LogP contribution is -2.43. The molecule has 5 aromatic rings. The number of nitrogen functional groups attached to an aromatic ring is 1. The summed E-state index contributed by atoms with van der Waals surface area (Å²) in [6, 6.07) is 5.62. The lowest BCUT2D eigenvalue weighted by molar-refractivity contribution is 0.107. The van der Waals surface area contributed by atoms with Gasteiger partial charge in [-0.3, -0.25) is 4.90 Å². The number of carbonyl (C=O) groups is 1. The number of carbonyl (C=O) groups excluding carboxylic acids is 1. The highest BCUT2D eigenvalue weighted by atomic mass is 35.5. The zero-order chi connectivity index (χ0) is 35.8. The number of benzene rings is 2. The van der Waals surface area contributed by atoms with Crippen molar-refractivity contribution >= 4 is 60.8 Å². The minimum Gasteiger partial charge on any atom is -0.461 e. The number of rotatable bonds is 5. The number of hydrogen-bond donors (Lipinski definition) is 1. The Balaban J connectivity index is 1.28. The summed E-state index contributed by atoms with van der Waals surface area (Å²) < 4.78 is 53.0. The highest BCUT2D eigenvalue weighted by Crippen LogP contribution is 2.46. The van der Waals surface area contributed by atoms with E-state index in [9.17, 15) is 18.8 Å². The van der Waals surface area contributed by atoms with E-state index in [1.807, 2.05) is 11.0 Å². The summed E-state index contributed by atoms with van der Waals surface area (Å²) in [6.45, 7) is 1.89. The third-order valence-corrected chi connectivity index (χ3v) is 11.4. The van der Waals surface area contributed by atoms with Gasteiger partial charge in [0.15, 0.2) is 5.82 Å². The first-order valence-electron chi connectivity index (χ1n) is 16.5. The third-order valence-electron chi connectivity index (χ3n) is 10.1. The molecule has 12 nitrogen and oxygen atoms in total. The second-order valence-electron chi connectivity index (χ2n) is 13.5. The first-order valence-corrected chi connectivity index (χ1v) is 17.7. The van der Waals surface area contributed by atoms with Gasteiger partial charge in [-0.1, -0.05) is 22.5 Å². The molecule has 0 spiro atoms. The summed E-state index contributed by atoms with van der Waals surface area (Å²) in [4.78, 5) is 28.4. The summed E-state index contributed by atoms with van der Waals surface area (Å²) >= 11 is 7.78. The molecule has 0 aliphatic carbocycles. The van der Waals surface area contributed by atoms with Crippen LogP contribution in [-0.2, 0) is 13.0 Å². The number of ether oxygens (including phenoxy) is 1. The van der Waals surface area contributed by atoms with Crippen LogP contribution >= 0.6 is 22.9 Å². The van der Waals surface area contributed by atoms with Crippen LogP contribution in [0.2, 0.25) is 5.02 Å². The largest absolute Gasteiger partial charge is 0.461 e. The Bertz CT molecular complexity index is 2290. The van der Waals surface area contributed by atoms with Crippen LogP contribution in [0.5, 0.6) is 6.01 Å². The van der Waals surface area contributed by atoms with Gasteiger partial charge in [-0.2, -0.15) is 15.2 Å². The van der Waals surface area contributed by atoms with Crippen molar-refractivity contribution in [3.63, 3.8) is 0 Å². The Morgan fingerprint density at radius 2 is 2.02 bits per heavy atom. The fourth-order valence-corrected chi connectivity index (χ4v) is 8.94. The molecule has 0 radical (unpaired) electrons. The lowest BCUT2D eigenvalue weighted by atomic mass is 9.95. The van der Waals surface area contributed by atoms with Crippen molar-refractivity contribution in [1.82, 2.24) is 34.8 Å². The summed E-state index contributed by atoms with van der Waals surface area (Å²) in [7, 11) is 3.22. The van der Waals surface area contributed by atoms with E-state index in [0.29, 0.717) is 49.6 Å². The molecule has 8 rings (SSSR count). The molecule has 264 valence electrons. The monoisotopic (exact) mass is 736 g/mol. The van der Waals surface area contributed by atoms with Crippen LogP contribution in [0, 0.1) is 23.0 Å². The Morgan fingerprint density at radius 3 is 2.80 bits per heavy atom. The van der Waals surface area contributed by atoms with Gasteiger partial charge >= 0.3 is 12.0 Å². The van der Waals surface area contributed by atoms with E-state index in [1.165, 1.54) is 17.0 Å². The number of nitrogens with two attached hydrogens (primary N) is 1. The van der Waals surface area contributed by atoms with Crippen molar-refractivity contribution in [3.8, 4) is 23.2 Å². The fraction of sp³-hybridized carbons (Fsp3) is 0.412. The number of thiophene rings is 1. The number of aryl methyl sites for hydroxylation is 1. The number of hydrogen-bond acceptors (Lipinski definition) is 11. The maximum absolute atomic E-state index is 17.1. The van der Waals surface area contributed by atoms with Gasteiger partial charge in [0.1, 0.15) is 46.7 Å². The maximum atomic E-state index is 17.1. The summed E-state index contributed by atoms with van der Waals surface area (Å²) in [5.74, 6) is -1.10. The number of alkyl halides is 1. The van der Waals surface area contributed by atoms with Crippen molar-refractivity contribution in [2.24, 2.45) is 0 Å². The minimum absolute atomic E-state index is 0.0152. The van der Waals surface area contributed by atoms with Gasteiger partial charge in [0, 0.05) is 49.9 Å². The molecule has 3 aliphatic rings. The molecule has 17 heteroatoms. The minimum atomic E-state index is -0.972. The van der Waals surface area contributed by atoms with Crippen molar-refractivity contribution in [3.05, 3.63) is 51.8 Å². The molecule has 51 heavy (non-hydrogen) atoms. The Hall–Kier alpha value is -4.72. The SMILES string of the molecule is CN(C)C(=O)n1nc2c(n1)CN(c1nc(OC[C@@]34CCCN3C[C@H](F)C4)nc3c(F)c(-c4ccc(F)c5sc(N)c(C#N)c45)c(Cl)cc13)CCC2. The quantitative estimate of drug-likeness (QED) is 0.231. The fourth-order valence-electron chi connectivity index (χ4n) is 7.69. The first kappa shape index (κ1) is 33.4. The van der Waals surface area contributed by atoms with Crippen LogP contribution in [0.1, 0.15) is 42.6 Å². The van der Waals surface area contributed by atoms with E-state index in [0.717, 1.165) is 35.5 Å². The van der Waals surface area contributed by atoms with Crippen LogP contribution in [0.15, 0.2) is 18.2 Å². The van der Waals surface area contributed by atoms with E-state index in [2.05, 4.69) is 20.1 Å². The molecule has 3 aliphatic heterocycles. The van der Waals surface area contributed by atoms with Gasteiger partial charge in [0.25, 0.3) is 0 Å². The van der Waals surface area contributed by atoms with Gasteiger partial charge in [0.05, 0.1) is 33.1 Å². The number of anilines is 2. The molecule has 2 saturated heterocycles. The normalized spacial score (nSPS) is 20.4. The van der Waals surface area contributed by atoms with Crippen molar-refractivity contribution in [1.29, 1.82) is 5.26 Å². The number of amides is 1. The van der Waals surface area contributed by atoms with Gasteiger partial charge in [-0.05, 0) is 49.9 Å². The van der Waals surface area contributed by atoms with Gasteiger partial charge < -0.3 is 20.3 Å². The summed E-state index contributed by atoms with van der Waals surface area (Å²) in [6.07, 6.45) is 2.19. The number of nitrogens with zero attached hydrogens (tertiary/aromatic N) is 9. The number of nitriles is 1. The average molecular weight is 737 g/mol. The van der Waals surface area contributed by atoms with Crippen LogP contribution in [0.25, 0.3) is 32.1 Å². The highest BCUT2D eigenvalue weighted by molar-refractivity contribution is 7.23. The second-order valence-corrected chi connectivity index (χ2v) is 14.9. The van der Waals surface area contributed by atoms with Crippen molar-refractivity contribution < 1.29 is 22.7 Å². The predicted octanol–water partition coefficient (Wildman–Crippen LogP) is 5.93. The number of aromatic nitrogens is 5. The van der Waals surface area contributed by atoms with E-state index in [1.54, 1.807) is 20.2 Å². The van der Waals surface area contributed by atoms with Gasteiger partial charge in [0.2, 0.25) is 0 Å². The molecule has 2 atom stereocenters. The van der Waals surface area contributed by atoms with E-state index >= 15 is 4.39 Å². The summed E-state index contributed by atoms with van der Waals surface area (Å²) in [5.41, 5.74) is 6.81. The van der Waals surface area contributed by atoms with E-state index in [-0.39, 0.29) is 66.9 Å². The Morgan fingerprint density at radius 1 is 1.22 bits per heavy atom. The first-order chi connectivity index (χ1) is 24.5. The molecule has 0 bridgehead atoms. The van der Waals surface area contributed by atoms with Gasteiger partial charge in [-0.15, -0.1) is 21.5 Å².